The van der Waals surface area contributed by atoms with Crippen molar-refractivity contribution in [2.75, 3.05) is 46.0 Å². The third kappa shape index (κ3) is 4.38. The first kappa shape index (κ1) is 17.9. The van der Waals surface area contributed by atoms with Crippen molar-refractivity contribution >= 4 is 22.4 Å². The van der Waals surface area contributed by atoms with Crippen LogP contribution < -0.4 is 14.8 Å². The fourth-order valence-electron chi connectivity index (χ4n) is 2.32. The van der Waals surface area contributed by atoms with Gasteiger partial charge in [0.15, 0.2) is 11.5 Å². The topological polar surface area (TPSA) is 103 Å². The number of fused-ring (bicyclic) bond motifs is 1. The SMILES string of the molecule is COCCOc1cc2ncnc(Nc3cn[nH]c3)c2cc1OCCOC. The number of aromatic amines is 1. The Kier molecular flexibility index (Phi) is 6.18. The van der Waals surface area contributed by atoms with Gasteiger partial charge in [0.05, 0.1) is 30.6 Å². The summed E-state index contributed by atoms with van der Waals surface area (Å²) >= 11 is 0. The van der Waals surface area contributed by atoms with Crippen molar-refractivity contribution in [3.8, 4) is 11.5 Å². The number of methoxy groups -OCH3 is 2. The molecule has 0 amide bonds. The summed E-state index contributed by atoms with van der Waals surface area (Å²) in [5.41, 5.74) is 1.53. The maximum atomic E-state index is 5.81. The molecule has 0 spiro atoms. The van der Waals surface area contributed by atoms with Gasteiger partial charge in [0.1, 0.15) is 25.4 Å². The van der Waals surface area contributed by atoms with E-state index >= 15 is 0 Å². The second-order valence-corrected chi connectivity index (χ2v) is 5.33. The molecule has 0 atom stereocenters. The summed E-state index contributed by atoms with van der Waals surface area (Å²) in [5.74, 6) is 1.84. The predicted molar refractivity (Wildman–Crippen MR) is 96.2 cm³/mol. The summed E-state index contributed by atoms with van der Waals surface area (Å²) in [6.07, 6.45) is 4.91. The minimum absolute atomic E-state index is 0.404. The van der Waals surface area contributed by atoms with E-state index in [9.17, 15) is 0 Å². The second-order valence-electron chi connectivity index (χ2n) is 5.33. The van der Waals surface area contributed by atoms with Crippen LogP contribution in [0.5, 0.6) is 11.5 Å². The number of nitrogens with zero attached hydrogens (tertiary/aromatic N) is 3. The smallest absolute Gasteiger partial charge is 0.163 e. The highest BCUT2D eigenvalue weighted by atomic mass is 16.5. The average Bonchev–Trinajstić information content (AvgIpc) is 3.16. The van der Waals surface area contributed by atoms with Crippen LogP contribution >= 0.6 is 0 Å². The molecule has 0 saturated carbocycles. The first-order chi connectivity index (χ1) is 12.8. The number of aromatic nitrogens is 4. The molecule has 0 aliphatic carbocycles. The number of hydrogen-bond donors (Lipinski definition) is 2. The average molecular weight is 359 g/mol. The van der Waals surface area contributed by atoms with Crippen LogP contribution in [0.25, 0.3) is 10.9 Å². The Morgan fingerprint density at radius 1 is 0.962 bits per heavy atom. The van der Waals surface area contributed by atoms with Gasteiger partial charge in [-0.2, -0.15) is 5.10 Å². The Labute approximate surface area is 150 Å². The van der Waals surface area contributed by atoms with Crippen molar-refractivity contribution in [2.45, 2.75) is 0 Å². The van der Waals surface area contributed by atoms with E-state index in [1.54, 1.807) is 26.6 Å². The van der Waals surface area contributed by atoms with E-state index in [0.717, 1.165) is 16.6 Å². The number of rotatable bonds is 10. The van der Waals surface area contributed by atoms with Crippen molar-refractivity contribution in [1.29, 1.82) is 0 Å². The molecule has 3 aromatic rings. The number of H-pyrrole nitrogens is 1. The van der Waals surface area contributed by atoms with Crippen molar-refractivity contribution in [3.63, 3.8) is 0 Å². The Balaban J connectivity index is 1.93. The van der Waals surface area contributed by atoms with Crippen molar-refractivity contribution in [3.05, 3.63) is 30.9 Å². The lowest BCUT2D eigenvalue weighted by Crippen LogP contribution is -2.09. The first-order valence-corrected chi connectivity index (χ1v) is 8.10. The molecule has 0 aliphatic heterocycles. The lowest BCUT2D eigenvalue weighted by molar-refractivity contribution is 0.132. The Hall–Kier alpha value is -2.91. The summed E-state index contributed by atoms with van der Waals surface area (Å²) in [7, 11) is 3.25. The van der Waals surface area contributed by atoms with E-state index < -0.39 is 0 Å². The number of hydrogen-bond acceptors (Lipinski definition) is 8. The fraction of sp³-hybridized carbons (Fsp3) is 0.353. The summed E-state index contributed by atoms with van der Waals surface area (Å²) in [4.78, 5) is 8.65. The Morgan fingerprint density at radius 2 is 1.69 bits per heavy atom. The van der Waals surface area contributed by atoms with Gasteiger partial charge in [0.2, 0.25) is 0 Å². The van der Waals surface area contributed by atoms with Gasteiger partial charge in [-0.15, -0.1) is 0 Å². The van der Waals surface area contributed by atoms with E-state index in [4.69, 9.17) is 18.9 Å². The third-order valence-electron chi connectivity index (χ3n) is 3.55. The van der Waals surface area contributed by atoms with E-state index in [1.165, 1.54) is 6.33 Å². The number of nitrogens with one attached hydrogen (secondary N) is 2. The maximum Gasteiger partial charge on any atom is 0.163 e. The zero-order valence-electron chi connectivity index (χ0n) is 14.7. The summed E-state index contributed by atoms with van der Waals surface area (Å²) in [6, 6.07) is 3.69. The summed E-state index contributed by atoms with van der Waals surface area (Å²) in [5, 5.41) is 10.7. The molecule has 3 rings (SSSR count). The standard InChI is InChI=1S/C17H21N5O4/c1-23-3-5-25-15-7-13-14(8-16(15)26-6-4-24-2)18-11-19-17(13)22-12-9-20-21-10-12/h7-11H,3-6H2,1-2H3,(H,20,21)(H,18,19,22). The normalized spacial score (nSPS) is 10.8. The molecule has 0 unspecified atom stereocenters. The second kappa shape index (κ2) is 8.97. The summed E-state index contributed by atoms with van der Waals surface area (Å²) in [6.45, 7) is 1.77. The van der Waals surface area contributed by atoms with Crippen LogP contribution in [0, 0.1) is 0 Å². The van der Waals surface area contributed by atoms with Crippen LogP contribution in [0.2, 0.25) is 0 Å². The minimum atomic E-state index is 0.404. The molecule has 26 heavy (non-hydrogen) atoms. The molecular weight excluding hydrogens is 338 g/mol. The quantitative estimate of drug-likeness (QED) is 0.531. The van der Waals surface area contributed by atoms with E-state index in [-0.39, 0.29) is 0 Å². The van der Waals surface area contributed by atoms with Crippen LogP contribution in [0.1, 0.15) is 0 Å². The highest BCUT2D eigenvalue weighted by molar-refractivity contribution is 5.92. The molecule has 2 heterocycles. The molecule has 9 heteroatoms. The number of benzene rings is 1. The molecule has 0 fully saturated rings. The predicted octanol–water partition coefficient (Wildman–Crippen LogP) is 2.15. The number of anilines is 2. The van der Waals surface area contributed by atoms with Gasteiger partial charge in [0.25, 0.3) is 0 Å². The first-order valence-electron chi connectivity index (χ1n) is 8.10. The van der Waals surface area contributed by atoms with Gasteiger partial charge < -0.3 is 24.3 Å². The molecule has 0 saturated heterocycles. The van der Waals surface area contributed by atoms with E-state index in [2.05, 4.69) is 25.5 Å². The molecule has 0 bridgehead atoms. The molecule has 0 aliphatic rings. The van der Waals surface area contributed by atoms with Gasteiger partial charge in [0, 0.05) is 31.9 Å². The molecule has 2 N–H and O–H groups in total. The van der Waals surface area contributed by atoms with Gasteiger partial charge >= 0.3 is 0 Å². The Morgan fingerprint density at radius 3 is 2.35 bits per heavy atom. The molecule has 138 valence electrons. The summed E-state index contributed by atoms with van der Waals surface area (Å²) < 4.78 is 21.7. The van der Waals surface area contributed by atoms with E-state index in [1.807, 2.05) is 12.1 Å². The third-order valence-corrected chi connectivity index (χ3v) is 3.55. The zero-order chi connectivity index (χ0) is 18.2. The van der Waals surface area contributed by atoms with Crippen LogP contribution in [0.3, 0.4) is 0 Å². The van der Waals surface area contributed by atoms with Crippen molar-refractivity contribution < 1.29 is 18.9 Å². The van der Waals surface area contributed by atoms with Gasteiger partial charge in [-0.1, -0.05) is 0 Å². The van der Waals surface area contributed by atoms with Crippen LogP contribution in [-0.4, -0.2) is 60.8 Å². The number of ether oxygens (including phenoxy) is 4. The Bertz CT molecular complexity index is 825. The largest absolute Gasteiger partial charge is 0.487 e. The van der Waals surface area contributed by atoms with E-state index in [0.29, 0.717) is 43.7 Å². The van der Waals surface area contributed by atoms with Crippen molar-refractivity contribution in [1.82, 2.24) is 20.2 Å². The molecule has 1 aromatic carbocycles. The highest BCUT2D eigenvalue weighted by Crippen LogP contribution is 2.34. The minimum Gasteiger partial charge on any atom is -0.487 e. The van der Waals surface area contributed by atoms with Crippen LogP contribution in [0.4, 0.5) is 11.5 Å². The molecular formula is C17H21N5O4. The lowest BCUT2D eigenvalue weighted by atomic mass is 10.2. The lowest BCUT2D eigenvalue weighted by Gasteiger charge is -2.15. The fourth-order valence-corrected chi connectivity index (χ4v) is 2.32. The molecule has 0 radical (unpaired) electrons. The maximum absolute atomic E-state index is 5.81. The molecule has 9 nitrogen and oxygen atoms in total. The highest BCUT2D eigenvalue weighted by Gasteiger charge is 2.13. The van der Waals surface area contributed by atoms with Crippen LogP contribution in [0.15, 0.2) is 30.9 Å². The zero-order valence-corrected chi connectivity index (χ0v) is 14.7. The van der Waals surface area contributed by atoms with Gasteiger partial charge in [-0.05, 0) is 6.07 Å². The van der Waals surface area contributed by atoms with Crippen LogP contribution in [-0.2, 0) is 9.47 Å². The monoisotopic (exact) mass is 359 g/mol. The molecule has 2 aromatic heterocycles. The van der Waals surface area contributed by atoms with Gasteiger partial charge in [-0.3, -0.25) is 5.10 Å². The van der Waals surface area contributed by atoms with Crippen molar-refractivity contribution in [2.24, 2.45) is 0 Å². The van der Waals surface area contributed by atoms with Gasteiger partial charge in [-0.25, -0.2) is 9.97 Å².